The Balaban J connectivity index is 2.03. The molecule has 0 bridgehead atoms. The number of likely N-dealkylation sites (tertiary alicyclic amines) is 1. The lowest BCUT2D eigenvalue weighted by Gasteiger charge is -2.28. The highest BCUT2D eigenvalue weighted by molar-refractivity contribution is 5.29. The molecule has 1 fully saturated rings. The molecular weight excluding hydrogens is 186 g/mol. The number of nitrogens with zero attached hydrogens (tertiary/aromatic N) is 1. The fraction of sp³-hybridized carbons (Fsp3) is 0.462. The molecule has 2 nitrogen and oxygen atoms in total. The van der Waals surface area contributed by atoms with Gasteiger partial charge in [0.15, 0.2) is 0 Å². The summed E-state index contributed by atoms with van der Waals surface area (Å²) in [5.41, 5.74) is 1.41. The maximum absolute atomic E-state index is 5.73. The molecule has 1 aliphatic heterocycles. The molecule has 0 aliphatic carbocycles. The highest BCUT2D eigenvalue weighted by Crippen LogP contribution is 2.28. The Morgan fingerprint density at radius 1 is 1.20 bits per heavy atom. The van der Waals surface area contributed by atoms with E-state index in [0.29, 0.717) is 5.92 Å². The molecule has 1 heterocycles. The topological polar surface area (TPSA) is 12.5 Å². The number of methoxy groups -OCH3 is 1. The standard InChI is InChI=1S/C13H17NO/c1-14-9-7-12(8-10-14)11-3-5-13(15-2)6-4-11/h1,3-6,12H,7-10H2,2H3. The molecule has 1 saturated heterocycles. The minimum Gasteiger partial charge on any atom is -0.497 e. The van der Waals surface area contributed by atoms with E-state index in [9.17, 15) is 0 Å². The predicted molar refractivity (Wildman–Crippen MR) is 60.8 cm³/mol. The van der Waals surface area contributed by atoms with Crippen LogP contribution >= 0.6 is 0 Å². The van der Waals surface area contributed by atoms with E-state index in [1.165, 1.54) is 5.56 Å². The number of benzene rings is 1. The zero-order valence-corrected chi connectivity index (χ0v) is 9.15. The average Bonchev–Trinajstić information content (AvgIpc) is 2.30. The van der Waals surface area contributed by atoms with Gasteiger partial charge in [0, 0.05) is 7.05 Å². The van der Waals surface area contributed by atoms with E-state index in [1.807, 2.05) is 17.0 Å². The summed E-state index contributed by atoms with van der Waals surface area (Å²) < 4.78 is 5.15. The van der Waals surface area contributed by atoms with Crippen molar-refractivity contribution >= 4 is 0 Å². The molecule has 2 radical (unpaired) electrons. The van der Waals surface area contributed by atoms with Gasteiger partial charge in [-0.05, 0) is 49.5 Å². The van der Waals surface area contributed by atoms with Gasteiger partial charge in [-0.2, -0.15) is 0 Å². The van der Waals surface area contributed by atoms with Crippen molar-refractivity contribution in [3.05, 3.63) is 36.9 Å². The molecule has 0 aromatic heterocycles. The Labute approximate surface area is 91.9 Å². The summed E-state index contributed by atoms with van der Waals surface area (Å²) in [4.78, 5) is 1.90. The summed E-state index contributed by atoms with van der Waals surface area (Å²) in [7, 11) is 7.43. The number of rotatable bonds is 2. The molecule has 2 heteroatoms. The van der Waals surface area contributed by atoms with Crippen molar-refractivity contribution in [2.75, 3.05) is 20.2 Å². The summed E-state index contributed by atoms with van der Waals surface area (Å²) in [6.45, 7) is 1.99. The molecule has 0 N–H and O–H groups in total. The van der Waals surface area contributed by atoms with E-state index in [-0.39, 0.29) is 0 Å². The van der Waals surface area contributed by atoms with Gasteiger partial charge in [-0.1, -0.05) is 12.1 Å². The number of hydrogen-bond acceptors (Lipinski definition) is 2. The highest BCUT2D eigenvalue weighted by atomic mass is 16.5. The minimum atomic E-state index is 0.663. The van der Waals surface area contributed by atoms with E-state index < -0.39 is 0 Å². The van der Waals surface area contributed by atoms with Crippen molar-refractivity contribution < 1.29 is 4.74 Å². The third kappa shape index (κ3) is 2.51. The van der Waals surface area contributed by atoms with Gasteiger partial charge in [-0.15, -0.1) is 0 Å². The van der Waals surface area contributed by atoms with Gasteiger partial charge in [0.05, 0.1) is 7.11 Å². The van der Waals surface area contributed by atoms with Gasteiger partial charge in [-0.25, -0.2) is 0 Å². The molecule has 0 atom stereocenters. The molecular formula is C13H17NO. The Kier molecular flexibility index (Phi) is 3.27. The SMILES string of the molecule is [CH]N1CCC(c2ccc(OC)cc2)CC1. The van der Waals surface area contributed by atoms with Gasteiger partial charge in [0.25, 0.3) is 0 Å². The van der Waals surface area contributed by atoms with Gasteiger partial charge in [0.2, 0.25) is 0 Å². The van der Waals surface area contributed by atoms with E-state index in [0.717, 1.165) is 31.7 Å². The zero-order chi connectivity index (χ0) is 10.7. The summed E-state index contributed by atoms with van der Waals surface area (Å²) in [5.74, 6) is 1.59. The third-order valence-corrected chi connectivity index (χ3v) is 3.12. The second-order valence-electron chi connectivity index (χ2n) is 4.08. The summed E-state index contributed by atoms with van der Waals surface area (Å²) in [5, 5.41) is 0. The van der Waals surface area contributed by atoms with Crippen LogP contribution in [0.2, 0.25) is 0 Å². The third-order valence-electron chi connectivity index (χ3n) is 3.12. The van der Waals surface area contributed by atoms with Crippen molar-refractivity contribution in [3.63, 3.8) is 0 Å². The first-order valence-electron chi connectivity index (χ1n) is 5.43. The fourth-order valence-electron chi connectivity index (χ4n) is 2.11. The van der Waals surface area contributed by atoms with Crippen LogP contribution in [0.15, 0.2) is 24.3 Å². The van der Waals surface area contributed by atoms with E-state index >= 15 is 0 Å². The highest BCUT2D eigenvalue weighted by Gasteiger charge is 2.18. The van der Waals surface area contributed by atoms with Crippen molar-refractivity contribution in [1.29, 1.82) is 0 Å². The van der Waals surface area contributed by atoms with Crippen LogP contribution in [0.1, 0.15) is 24.3 Å². The lowest BCUT2D eigenvalue weighted by atomic mass is 9.90. The molecule has 2 rings (SSSR count). The molecule has 0 unspecified atom stereocenters. The van der Waals surface area contributed by atoms with Crippen LogP contribution in [-0.2, 0) is 0 Å². The molecule has 15 heavy (non-hydrogen) atoms. The summed E-state index contributed by atoms with van der Waals surface area (Å²) in [6, 6.07) is 8.39. The Bertz CT molecular complexity index is 299. The number of piperidine rings is 1. The second kappa shape index (κ2) is 4.67. The van der Waals surface area contributed by atoms with Gasteiger partial charge in [-0.3, -0.25) is 4.90 Å². The quantitative estimate of drug-likeness (QED) is 0.732. The normalized spacial score (nSPS) is 19.1. The maximum Gasteiger partial charge on any atom is 0.118 e. The molecule has 0 amide bonds. The predicted octanol–water partition coefficient (Wildman–Crippen LogP) is 2.54. The van der Waals surface area contributed by atoms with Crippen LogP contribution in [0.3, 0.4) is 0 Å². The first kappa shape index (κ1) is 10.5. The van der Waals surface area contributed by atoms with Gasteiger partial charge >= 0.3 is 0 Å². The summed E-state index contributed by atoms with van der Waals surface area (Å²) in [6.07, 6.45) is 2.31. The van der Waals surface area contributed by atoms with Gasteiger partial charge < -0.3 is 4.74 Å². The maximum atomic E-state index is 5.73. The van der Waals surface area contributed by atoms with Crippen LogP contribution in [0.5, 0.6) is 5.75 Å². The van der Waals surface area contributed by atoms with Crippen molar-refractivity contribution in [2.45, 2.75) is 18.8 Å². The van der Waals surface area contributed by atoms with Crippen LogP contribution in [0.25, 0.3) is 0 Å². The number of hydrogen-bond donors (Lipinski definition) is 0. The van der Waals surface area contributed by atoms with E-state index in [4.69, 9.17) is 11.8 Å². The Morgan fingerprint density at radius 2 is 1.80 bits per heavy atom. The largest absolute Gasteiger partial charge is 0.497 e. The fourth-order valence-corrected chi connectivity index (χ4v) is 2.11. The Morgan fingerprint density at radius 3 is 2.33 bits per heavy atom. The van der Waals surface area contributed by atoms with Crippen molar-refractivity contribution in [3.8, 4) is 5.75 Å². The van der Waals surface area contributed by atoms with Crippen LogP contribution < -0.4 is 4.74 Å². The van der Waals surface area contributed by atoms with E-state index in [2.05, 4.69) is 12.1 Å². The molecule has 80 valence electrons. The molecule has 1 aromatic rings. The minimum absolute atomic E-state index is 0.663. The first-order valence-corrected chi connectivity index (χ1v) is 5.43. The average molecular weight is 203 g/mol. The van der Waals surface area contributed by atoms with Gasteiger partial charge in [0.1, 0.15) is 5.75 Å². The van der Waals surface area contributed by atoms with Crippen LogP contribution in [0.4, 0.5) is 0 Å². The smallest absolute Gasteiger partial charge is 0.118 e. The second-order valence-corrected chi connectivity index (χ2v) is 4.08. The Hall–Kier alpha value is -1.02. The number of ether oxygens (including phenoxy) is 1. The van der Waals surface area contributed by atoms with Crippen molar-refractivity contribution in [1.82, 2.24) is 4.90 Å². The van der Waals surface area contributed by atoms with Crippen LogP contribution in [-0.4, -0.2) is 25.1 Å². The van der Waals surface area contributed by atoms with Crippen molar-refractivity contribution in [2.24, 2.45) is 0 Å². The molecule has 0 saturated carbocycles. The molecule has 0 spiro atoms. The summed E-state index contributed by atoms with van der Waals surface area (Å²) >= 11 is 0. The monoisotopic (exact) mass is 203 g/mol. The lowest BCUT2D eigenvalue weighted by molar-refractivity contribution is 0.280. The molecule has 1 aromatic carbocycles. The first-order chi connectivity index (χ1) is 7.29. The molecule has 1 aliphatic rings. The zero-order valence-electron chi connectivity index (χ0n) is 9.15. The van der Waals surface area contributed by atoms with E-state index in [1.54, 1.807) is 7.11 Å². The van der Waals surface area contributed by atoms with Crippen LogP contribution in [0, 0.1) is 7.05 Å². The lowest BCUT2D eigenvalue weighted by Crippen LogP contribution is -2.27.